The predicted molar refractivity (Wildman–Crippen MR) is 119 cm³/mol. The molecule has 1 aliphatic heterocycles. The molecule has 0 radical (unpaired) electrons. The van der Waals surface area contributed by atoms with Crippen LogP contribution in [0.1, 0.15) is 5.56 Å². The van der Waals surface area contributed by atoms with Gasteiger partial charge in [-0.3, -0.25) is 9.10 Å². The number of benzene rings is 3. The summed E-state index contributed by atoms with van der Waals surface area (Å²) in [7, 11) is -7.44. The molecule has 3 aromatic carbocycles. The number of carbonyl (C=O) groups is 1. The lowest BCUT2D eigenvalue weighted by Gasteiger charge is -2.18. The molecule has 0 aliphatic carbocycles. The molecule has 8 nitrogen and oxygen atoms in total. The Morgan fingerprint density at radius 1 is 0.935 bits per heavy atom. The monoisotopic (exact) mass is 459 g/mol. The first-order valence-electron chi connectivity index (χ1n) is 9.60. The first-order valence-corrected chi connectivity index (χ1v) is 12.7. The maximum absolute atomic E-state index is 12.9. The van der Waals surface area contributed by atoms with Crippen molar-refractivity contribution in [3.8, 4) is 0 Å². The highest BCUT2D eigenvalue weighted by molar-refractivity contribution is 7.93. The van der Waals surface area contributed by atoms with E-state index in [-0.39, 0.29) is 23.7 Å². The average Bonchev–Trinajstić information content (AvgIpc) is 2.96. The molecule has 0 bridgehead atoms. The van der Waals surface area contributed by atoms with E-state index >= 15 is 0 Å². The number of nitrogens with zero attached hydrogens (tertiary/aromatic N) is 1. The standard InChI is InChI=1S/C21H21N3O5S2/c25-20(22-12-13-30(26,27)23-14-16-6-2-1-3-7-16)15-24-18-10-4-8-17-9-5-11-19(21(17)18)31(24,28)29/h1-11,23H,12-15H2,(H,22,25). The molecule has 0 atom stereocenters. The van der Waals surface area contributed by atoms with Gasteiger partial charge in [0.15, 0.2) is 0 Å². The van der Waals surface area contributed by atoms with Crippen molar-refractivity contribution in [2.45, 2.75) is 11.4 Å². The van der Waals surface area contributed by atoms with Gasteiger partial charge in [-0.1, -0.05) is 54.6 Å². The number of carbonyl (C=O) groups excluding carboxylic acids is 1. The van der Waals surface area contributed by atoms with Crippen LogP contribution in [0.3, 0.4) is 0 Å². The Balaban J connectivity index is 1.36. The minimum Gasteiger partial charge on any atom is -0.353 e. The highest BCUT2D eigenvalue weighted by atomic mass is 32.2. The number of sulfonamides is 2. The number of nitrogens with one attached hydrogen (secondary N) is 2. The van der Waals surface area contributed by atoms with Crippen molar-refractivity contribution in [3.63, 3.8) is 0 Å². The molecule has 0 fully saturated rings. The SMILES string of the molecule is O=C(CN1c2cccc3cccc(c23)S1(=O)=O)NCCS(=O)(=O)NCc1ccccc1. The molecule has 0 saturated heterocycles. The van der Waals surface area contributed by atoms with Gasteiger partial charge < -0.3 is 5.32 Å². The fourth-order valence-corrected chi connectivity index (χ4v) is 6.07. The predicted octanol–water partition coefficient (Wildman–Crippen LogP) is 1.58. The summed E-state index contributed by atoms with van der Waals surface area (Å²) in [6.07, 6.45) is 0. The highest BCUT2D eigenvalue weighted by Gasteiger charge is 2.36. The van der Waals surface area contributed by atoms with Gasteiger partial charge in [0.2, 0.25) is 15.9 Å². The second kappa shape index (κ2) is 8.29. The average molecular weight is 460 g/mol. The van der Waals surface area contributed by atoms with Crippen molar-refractivity contribution in [2.24, 2.45) is 0 Å². The molecule has 0 unspecified atom stereocenters. The first kappa shape index (κ1) is 21.3. The Kier molecular flexibility index (Phi) is 5.69. The van der Waals surface area contributed by atoms with Crippen molar-refractivity contribution in [1.82, 2.24) is 10.0 Å². The normalized spacial score (nSPS) is 14.6. The highest BCUT2D eigenvalue weighted by Crippen LogP contribution is 2.41. The second-order valence-corrected chi connectivity index (χ2v) is 10.9. The first-order chi connectivity index (χ1) is 14.8. The van der Waals surface area contributed by atoms with E-state index in [1.165, 1.54) is 6.07 Å². The maximum atomic E-state index is 12.9. The second-order valence-electron chi connectivity index (χ2n) is 7.12. The van der Waals surface area contributed by atoms with E-state index in [1.807, 2.05) is 30.3 Å². The quantitative estimate of drug-likeness (QED) is 0.531. The van der Waals surface area contributed by atoms with Crippen LogP contribution in [0.2, 0.25) is 0 Å². The lowest BCUT2D eigenvalue weighted by molar-refractivity contribution is -0.119. The van der Waals surface area contributed by atoms with E-state index in [0.29, 0.717) is 11.1 Å². The summed E-state index contributed by atoms with van der Waals surface area (Å²) in [6.45, 7) is -0.396. The summed E-state index contributed by atoms with van der Waals surface area (Å²) in [6, 6.07) is 19.3. The van der Waals surface area contributed by atoms with Crippen molar-refractivity contribution in [3.05, 3.63) is 72.3 Å². The van der Waals surface area contributed by atoms with Gasteiger partial charge in [0.1, 0.15) is 6.54 Å². The van der Waals surface area contributed by atoms with Crippen LogP contribution >= 0.6 is 0 Å². The van der Waals surface area contributed by atoms with E-state index in [1.54, 1.807) is 30.3 Å². The molecule has 2 N–H and O–H groups in total. The van der Waals surface area contributed by atoms with Gasteiger partial charge in [-0.15, -0.1) is 0 Å². The molecule has 4 rings (SSSR count). The molecule has 0 spiro atoms. The summed E-state index contributed by atoms with van der Waals surface area (Å²) >= 11 is 0. The number of hydrogen-bond acceptors (Lipinski definition) is 5. The van der Waals surface area contributed by atoms with E-state index < -0.39 is 32.5 Å². The van der Waals surface area contributed by atoms with Gasteiger partial charge in [-0.2, -0.15) is 0 Å². The van der Waals surface area contributed by atoms with Crippen LogP contribution in [0.4, 0.5) is 5.69 Å². The Morgan fingerprint density at radius 3 is 2.39 bits per heavy atom. The van der Waals surface area contributed by atoms with Crippen LogP contribution < -0.4 is 14.3 Å². The molecule has 1 aliphatic rings. The van der Waals surface area contributed by atoms with Crippen LogP contribution in [0.15, 0.2) is 71.6 Å². The van der Waals surface area contributed by atoms with Crippen molar-refractivity contribution in [2.75, 3.05) is 23.1 Å². The van der Waals surface area contributed by atoms with E-state index in [2.05, 4.69) is 10.0 Å². The summed E-state index contributed by atoms with van der Waals surface area (Å²) in [5.74, 6) is -0.889. The lowest BCUT2D eigenvalue weighted by Crippen LogP contribution is -2.41. The van der Waals surface area contributed by atoms with Crippen LogP contribution in [0.5, 0.6) is 0 Å². The van der Waals surface area contributed by atoms with Crippen LogP contribution in [0, 0.1) is 0 Å². The summed E-state index contributed by atoms with van der Waals surface area (Å²) in [4.78, 5) is 12.6. The van der Waals surface area contributed by atoms with E-state index in [0.717, 1.165) is 15.3 Å². The third-order valence-corrected chi connectivity index (χ3v) is 8.13. The van der Waals surface area contributed by atoms with Gasteiger partial charge in [-0.05, 0) is 23.1 Å². The molecule has 10 heteroatoms. The van der Waals surface area contributed by atoms with Gasteiger partial charge in [-0.25, -0.2) is 21.6 Å². The molecule has 31 heavy (non-hydrogen) atoms. The number of rotatable bonds is 8. The van der Waals surface area contributed by atoms with Crippen LogP contribution in [0.25, 0.3) is 10.8 Å². The smallest absolute Gasteiger partial charge is 0.265 e. The molecular formula is C21H21N3O5S2. The molecular weight excluding hydrogens is 438 g/mol. The van der Waals surface area contributed by atoms with Gasteiger partial charge >= 0.3 is 0 Å². The van der Waals surface area contributed by atoms with E-state index in [4.69, 9.17) is 0 Å². The summed E-state index contributed by atoms with van der Waals surface area (Å²) < 4.78 is 53.6. The zero-order valence-electron chi connectivity index (χ0n) is 16.5. The largest absolute Gasteiger partial charge is 0.353 e. The zero-order valence-corrected chi connectivity index (χ0v) is 18.1. The van der Waals surface area contributed by atoms with Gasteiger partial charge in [0.05, 0.1) is 16.3 Å². The van der Waals surface area contributed by atoms with Gasteiger partial charge in [0, 0.05) is 18.5 Å². The van der Waals surface area contributed by atoms with Crippen LogP contribution in [-0.2, 0) is 31.4 Å². The van der Waals surface area contributed by atoms with Crippen molar-refractivity contribution < 1.29 is 21.6 Å². The molecule has 0 aromatic heterocycles. The third kappa shape index (κ3) is 4.41. The molecule has 1 heterocycles. The van der Waals surface area contributed by atoms with Gasteiger partial charge in [0.25, 0.3) is 10.0 Å². The Bertz CT molecular complexity index is 1330. The third-order valence-electron chi connectivity index (χ3n) is 5.00. The lowest BCUT2D eigenvalue weighted by atomic mass is 10.1. The fourth-order valence-electron chi connectivity index (χ4n) is 3.50. The molecule has 162 valence electrons. The molecule has 1 amide bonds. The van der Waals surface area contributed by atoms with E-state index in [9.17, 15) is 21.6 Å². The zero-order chi connectivity index (χ0) is 22.1. The Morgan fingerprint density at radius 2 is 1.65 bits per heavy atom. The van der Waals surface area contributed by atoms with Crippen LogP contribution in [-0.4, -0.2) is 41.6 Å². The Hall–Kier alpha value is -2.95. The number of amides is 1. The molecule has 0 saturated carbocycles. The Labute approximate surface area is 181 Å². The van der Waals surface area contributed by atoms with Crippen molar-refractivity contribution >= 4 is 42.4 Å². The number of anilines is 1. The summed E-state index contributed by atoms with van der Waals surface area (Å²) in [5.41, 5.74) is 1.27. The fraction of sp³-hybridized carbons (Fsp3) is 0.190. The topological polar surface area (TPSA) is 113 Å². The van der Waals surface area contributed by atoms with Crippen molar-refractivity contribution in [1.29, 1.82) is 0 Å². The molecule has 3 aromatic rings. The maximum Gasteiger partial charge on any atom is 0.265 e. The minimum absolute atomic E-state index is 0.131. The summed E-state index contributed by atoms with van der Waals surface area (Å²) in [5, 5.41) is 3.86. The number of hydrogen-bond donors (Lipinski definition) is 2. The minimum atomic E-state index is -3.84.